The van der Waals surface area contributed by atoms with Gasteiger partial charge in [-0.05, 0) is 48.9 Å². The average Bonchev–Trinajstić information content (AvgIpc) is 3.34. The molecule has 5 aromatic rings. The molecule has 5 rings (SSSR count). The van der Waals surface area contributed by atoms with Crippen LogP contribution in [-0.2, 0) is 0 Å². The number of fused-ring (bicyclic) bond motifs is 1. The van der Waals surface area contributed by atoms with Crippen molar-refractivity contribution in [1.29, 1.82) is 0 Å². The van der Waals surface area contributed by atoms with E-state index in [9.17, 15) is 4.79 Å². The number of nitrogens with one attached hydrogen (secondary N) is 1. The third kappa shape index (κ3) is 4.47. The van der Waals surface area contributed by atoms with Crippen LogP contribution in [0.15, 0.2) is 101 Å². The number of halogens is 1. The van der Waals surface area contributed by atoms with Crippen molar-refractivity contribution in [3.05, 3.63) is 113 Å². The fraction of sp³-hybridized carbons (Fsp3) is 0.0357. The van der Waals surface area contributed by atoms with Gasteiger partial charge in [0.2, 0.25) is 0 Å². The van der Waals surface area contributed by atoms with Crippen LogP contribution in [0.2, 0.25) is 5.02 Å². The lowest BCUT2D eigenvalue weighted by Crippen LogP contribution is -2.18. The highest BCUT2D eigenvalue weighted by Crippen LogP contribution is 2.28. The number of hydrogen-bond donors (Lipinski definition) is 1. The lowest BCUT2D eigenvalue weighted by Gasteiger charge is -2.09. The molecule has 0 radical (unpaired) electrons. The highest BCUT2D eigenvalue weighted by atomic mass is 35.5. The van der Waals surface area contributed by atoms with E-state index >= 15 is 0 Å². The lowest BCUT2D eigenvalue weighted by atomic mass is 10.0. The second-order valence-electron chi connectivity index (χ2n) is 7.80. The minimum atomic E-state index is -0.329. The summed E-state index contributed by atoms with van der Waals surface area (Å²) >= 11 is 6.12. The van der Waals surface area contributed by atoms with Crippen LogP contribution in [0.3, 0.4) is 0 Å². The van der Waals surface area contributed by atoms with Gasteiger partial charge in [0.25, 0.3) is 5.91 Å². The van der Waals surface area contributed by atoms with Gasteiger partial charge in [-0.25, -0.2) is 10.4 Å². The molecule has 1 amide bonds. The first-order valence-electron chi connectivity index (χ1n) is 10.7. The minimum absolute atomic E-state index is 0.329. The number of benzene rings is 3. The standard InChI is InChI=1S/C28H20ClN3O2/c1-18-11-12-20(29)15-23(18)27-14-13-21(34-27)17-30-32-28(33)24-16-26(19-7-3-2-4-8-19)31-25-10-6-5-9-22(24)25/h2-17H,1H3,(H,32,33)/b30-17-. The molecule has 3 aromatic carbocycles. The van der Waals surface area contributed by atoms with Gasteiger partial charge in [0.15, 0.2) is 0 Å². The van der Waals surface area contributed by atoms with Crippen LogP contribution in [0.25, 0.3) is 33.5 Å². The number of carbonyl (C=O) groups is 1. The first-order chi connectivity index (χ1) is 16.6. The Morgan fingerprint density at radius 2 is 1.76 bits per heavy atom. The first kappa shape index (κ1) is 21.6. The Labute approximate surface area is 201 Å². The van der Waals surface area contributed by atoms with Crippen LogP contribution in [0.1, 0.15) is 21.7 Å². The molecule has 166 valence electrons. The van der Waals surface area contributed by atoms with E-state index < -0.39 is 0 Å². The number of rotatable bonds is 5. The molecule has 0 fully saturated rings. The van der Waals surface area contributed by atoms with Crippen molar-refractivity contribution in [2.45, 2.75) is 6.92 Å². The highest BCUT2D eigenvalue weighted by molar-refractivity contribution is 6.30. The molecule has 0 atom stereocenters. The smallest absolute Gasteiger partial charge is 0.272 e. The Kier molecular flexibility index (Phi) is 5.93. The Morgan fingerprint density at radius 1 is 0.971 bits per heavy atom. The van der Waals surface area contributed by atoms with E-state index in [4.69, 9.17) is 21.0 Å². The van der Waals surface area contributed by atoms with Gasteiger partial charge in [-0.1, -0.05) is 66.2 Å². The molecule has 0 aliphatic heterocycles. The monoisotopic (exact) mass is 465 g/mol. The quantitative estimate of drug-likeness (QED) is 0.227. The van der Waals surface area contributed by atoms with Crippen molar-refractivity contribution in [3.63, 3.8) is 0 Å². The van der Waals surface area contributed by atoms with Crippen LogP contribution in [0.4, 0.5) is 0 Å². The first-order valence-corrected chi connectivity index (χ1v) is 11.1. The number of carbonyl (C=O) groups excluding carboxylic acids is 1. The zero-order valence-electron chi connectivity index (χ0n) is 18.3. The summed E-state index contributed by atoms with van der Waals surface area (Å²) in [6.07, 6.45) is 1.47. The van der Waals surface area contributed by atoms with E-state index in [1.54, 1.807) is 12.1 Å². The molecular formula is C28H20ClN3O2. The topological polar surface area (TPSA) is 67.5 Å². The van der Waals surface area contributed by atoms with Crippen molar-refractivity contribution in [2.75, 3.05) is 0 Å². The third-order valence-electron chi connectivity index (χ3n) is 5.48. The molecule has 1 N–H and O–H groups in total. The fourth-order valence-corrected chi connectivity index (χ4v) is 3.93. The number of aryl methyl sites for hydroxylation is 1. The fourth-order valence-electron chi connectivity index (χ4n) is 3.76. The van der Waals surface area contributed by atoms with E-state index in [1.165, 1.54) is 6.21 Å². The van der Waals surface area contributed by atoms with Gasteiger partial charge >= 0.3 is 0 Å². The Bertz CT molecular complexity index is 1520. The van der Waals surface area contributed by atoms with Crippen molar-refractivity contribution >= 4 is 34.6 Å². The van der Waals surface area contributed by atoms with E-state index in [-0.39, 0.29) is 5.91 Å². The van der Waals surface area contributed by atoms with Gasteiger partial charge in [0.1, 0.15) is 11.5 Å². The van der Waals surface area contributed by atoms with Crippen LogP contribution in [0, 0.1) is 6.92 Å². The number of nitrogens with zero attached hydrogens (tertiary/aromatic N) is 2. The lowest BCUT2D eigenvalue weighted by molar-refractivity contribution is 0.0956. The maximum atomic E-state index is 13.0. The molecular weight excluding hydrogens is 446 g/mol. The van der Waals surface area contributed by atoms with Gasteiger partial charge in [-0.2, -0.15) is 5.10 Å². The maximum Gasteiger partial charge on any atom is 0.272 e. The van der Waals surface area contributed by atoms with Gasteiger partial charge in [0, 0.05) is 21.5 Å². The number of para-hydroxylation sites is 1. The van der Waals surface area contributed by atoms with E-state index in [1.807, 2.05) is 85.8 Å². The molecule has 0 aliphatic carbocycles. The Balaban J connectivity index is 1.39. The molecule has 6 heteroatoms. The number of hydrazone groups is 1. The van der Waals surface area contributed by atoms with Gasteiger partial charge in [-0.15, -0.1) is 0 Å². The Hall–Kier alpha value is -4.22. The number of amides is 1. The predicted molar refractivity (Wildman–Crippen MR) is 136 cm³/mol. The molecule has 0 bridgehead atoms. The van der Waals surface area contributed by atoms with Crippen molar-refractivity contribution < 1.29 is 9.21 Å². The summed E-state index contributed by atoms with van der Waals surface area (Å²) in [7, 11) is 0. The molecule has 0 saturated carbocycles. The molecule has 0 unspecified atom stereocenters. The Morgan fingerprint density at radius 3 is 2.62 bits per heavy atom. The molecule has 34 heavy (non-hydrogen) atoms. The molecule has 0 saturated heterocycles. The summed E-state index contributed by atoms with van der Waals surface area (Å²) in [5.41, 5.74) is 7.47. The van der Waals surface area contributed by atoms with E-state index in [2.05, 4.69) is 10.5 Å². The van der Waals surface area contributed by atoms with Crippen molar-refractivity contribution in [1.82, 2.24) is 10.4 Å². The van der Waals surface area contributed by atoms with E-state index in [0.717, 1.165) is 33.3 Å². The maximum absolute atomic E-state index is 13.0. The van der Waals surface area contributed by atoms with Crippen LogP contribution < -0.4 is 5.43 Å². The summed E-state index contributed by atoms with van der Waals surface area (Å²) in [4.78, 5) is 17.8. The zero-order chi connectivity index (χ0) is 23.5. The third-order valence-corrected chi connectivity index (χ3v) is 5.72. The SMILES string of the molecule is Cc1ccc(Cl)cc1-c1ccc(/C=N\NC(=O)c2cc(-c3ccccc3)nc3ccccc23)o1. The van der Waals surface area contributed by atoms with Gasteiger partial charge in [0.05, 0.1) is 23.0 Å². The summed E-state index contributed by atoms with van der Waals surface area (Å²) in [6.45, 7) is 1.99. The average molecular weight is 466 g/mol. The van der Waals surface area contributed by atoms with Crippen LogP contribution in [0.5, 0.6) is 0 Å². The molecule has 2 aromatic heterocycles. The highest BCUT2D eigenvalue weighted by Gasteiger charge is 2.14. The van der Waals surface area contributed by atoms with Crippen LogP contribution >= 0.6 is 11.6 Å². The summed E-state index contributed by atoms with van der Waals surface area (Å²) in [5, 5.41) is 5.50. The van der Waals surface area contributed by atoms with Crippen molar-refractivity contribution in [3.8, 4) is 22.6 Å². The summed E-state index contributed by atoms with van der Waals surface area (Å²) in [5.74, 6) is 0.865. The largest absolute Gasteiger partial charge is 0.455 e. The molecule has 0 spiro atoms. The number of aromatic nitrogens is 1. The predicted octanol–water partition coefficient (Wildman–Crippen LogP) is 6.89. The minimum Gasteiger partial charge on any atom is -0.455 e. The number of pyridine rings is 1. The second-order valence-corrected chi connectivity index (χ2v) is 8.24. The van der Waals surface area contributed by atoms with Gasteiger partial charge in [-0.3, -0.25) is 4.79 Å². The number of hydrogen-bond acceptors (Lipinski definition) is 4. The van der Waals surface area contributed by atoms with E-state index in [0.29, 0.717) is 22.1 Å². The molecule has 5 nitrogen and oxygen atoms in total. The van der Waals surface area contributed by atoms with Crippen molar-refractivity contribution in [2.24, 2.45) is 5.10 Å². The molecule has 0 aliphatic rings. The zero-order valence-corrected chi connectivity index (χ0v) is 19.1. The number of furan rings is 1. The van der Waals surface area contributed by atoms with Gasteiger partial charge < -0.3 is 4.42 Å². The molecule has 2 heterocycles. The summed E-state index contributed by atoms with van der Waals surface area (Å²) in [6, 6.07) is 28.4. The second kappa shape index (κ2) is 9.33. The summed E-state index contributed by atoms with van der Waals surface area (Å²) < 4.78 is 5.87. The normalized spacial score (nSPS) is 11.2. The van der Waals surface area contributed by atoms with Crippen LogP contribution in [-0.4, -0.2) is 17.1 Å².